The van der Waals surface area contributed by atoms with E-state index in [9.17, 15) is 0 Å². The van der Waals surface area contributed by atoms with Crippen LogP contribution >= 0.6 is 22.7 Å². The van der Waals surface area contributed by atoms with Gasteiger partial charge in [-0.05, 0) is 29.6 Å². The molecule has 1 nitrogen and oxygen atoms in total. The molecule has 0 N–H and O–H groups in total. The maximum atomic E-state index is 2.21. The lowest BCUT2D eigenvalue weighted by molar-refractivity contribution is -0.671. The highest BCUT2D eigenvalue weighted by molar-refractivity contribution is 7.23. The van der Waals surface area contributed by atoms with E-state index in [0.29, 0.717) is 0 Å². The number of nitrogens with zero attached hydrogens (tertiary/aromatic N) is 1. The third-order valence-electron chi connectivity index (χ3n) is 2.59. The average Bonchev–Trinajstić information content (AvgIpc) is 3.00. The molecule has 0 aromatic carbocycles. The summed E-state index contributed by atoms with van der Waals surface area (Å²) in [7, 11) is 2.05. The highest BCUT2D eigenvalue weighted by Gasteiger charge is 2.07. The summed E-state index contributed by atoms with van der Waals surface area (Å²) < 4.78 is 2.08. The topological polar surface area (TPSA) is 3.88 Å². The molecule has 0 bridgehead atoms. The van der Waals surface area contributed by atoms with Crippen LogP contribution in [0.1, 0.15) is 0 Å². The van der Waals surface area contributed by atoms with Crippen LogP contribution in [0.2, 0.25) is 0 Å². The number of hydrogen-bond donors (Lipinski definition) is 0. The summed E-state index contributed by atoms with van der Waals surface area (Å²) in [4.78, 5) is 4.02. The van der Waals surface area contributed by atoms with E-state index >= 15 is 0 Å². The van der Waals surface area contributed by atoms with E-state index in [0.717, 1.165) is 0 Å². The second-order valence-corrected chi connectivity index (χ2v) is 5.93. The predicted octanol–water partition coefficient (Wildman–Crippen LogP) is 3.97. The van der Waals surface area contributed by atoms with Gasteiger partial charge in [-0.2, -0.15) is 0 Å². The number of hydrogen-bond acceptors (Lipinski definition) is 2. The zero-order chi connectivity index (χ0) is 11.7. The van der Waals surface area contributed by atoms with Crippen molar-refractivity contribution in [3.05, 3.63) is 54.2 Å². The van der Waals surface area contributed by atoms with Crippen molar-refractivity contribution in [2.45, 2.75) is 0 Å². The van der Waals surface area contributed by atoms with Crippen LogP contribution in [0.4, 0.5) is 0 Å². The summed E-state index contributed by atoms with van der Waals surface area (Å²) in [6.07, 6.45) is 4.21. The van der Waals surface area contributed by atoms with Gasteiger partial charge in [-0.3, -0.25) is 0 Å². The van der Waals surface area contributed by atoms with Crippen LogP contribution in [0, 0.1) is 0 Å². The first kappa shape index (κ1) is 10.7. The van der Waals surface area contributed by atoms with E-state index in [1.807, 2.05) is 11.3 Å². The standard InChI is InChI=1S/C14H12NS2/c1-15-8-2-4-11(10-15)12-6-7-14(17-12)13-5-3-9-16-13/h2-10H,1H3/q+1. The zero-order valence-electron chi connectivity index (χ0n) is 9.46. The number of pyridine rings is 1. The van der Waals surface area contributed by atoms with Gasteiger partial charge in [0.05, 0.1) is 5.56 Å². The lowest BCUT2D eigenvalue weighted by Crippen LogP contribution is -2.26. The van der Waals surface area contributed by atoms with Crippen LogP contribution < -0.4 is 4.57 Å². The summed E-state index contributed by atoms with van der Waals surface area (Å²) >= 11 is 3.64. The molecule has 0 unspecified atom stereocenters. The highest BCUT2D eigenvalue weighted by Crippen LogP contribution is 2.35. The molecule has 3 heteroatoms. The summed E-state index contributed by atoms with van der Waals surface area (Å²) in [5.41, 5.74) is 1.28. The Morgan fingerprint density at radius 1 is 0.941 bits per heavy atom. The smallest absolute Gasteiger partial charge is 0.177 e. The Morgan fingerprint density at radius 2 is 1.82 bits per heavy atom. The molecular formula is C14H12NS2+. The van der Waals surface area contributed by atoms with Crippen molar-refractivity contribution in [3.8, 4) is 20.2 Å². The Labute approximate surface area is 109 Å². The normalized spacial score (nSPS) is 10.6. The van der Waals surface area contributed by atoms with E-state index in [-0.39, 0.29) is 0 Å². The molecule has 3 aromatic heterocycles. The minimum absolute atomic E-state index is 1.28. The van der Waals surface area contributed by atoms with Crippen LogP contribution in [0.15, 0.2) is 54.2 Å². The van der Waals surface area contributed by atoms with E-state index in [1.54, 1.807) is 11.3 Å². The van der Waals surface area contributed by atoms with Crippen LogP contribution in [-0.4, -0.2) is 0 Å². The third-order valence-corrected chi connectivity index (χ3v) is 4.79. The fourth-order valence-corrected chi connectivity index (χ4v) is 3.61. The summed E-state index contributed by atoms with van der Waals surface area (Å²) in [5, 5.41) is 2.12. The fourth-order valence-electron chi connectivity index (χ4n) is 1.78. The molecule has 3 heterocycles. The molecule has 3 rings (SSSR count). The van der Waals surface area contributed by atoms with Crippen molar-refractivity contribution in [3.63, 3.8) is 0 Å². The molecule has 0 saturated carbocycles. The van der Waals surface area contributed by atoms with E-state index in [4.69, 9.17) is 0 Å². The number of aryl methyl sites for hydroxylation is 1. The Kier molecular flexibility index (Phi) is 2.79. The third kappa shape index (κ3) is 2.16. The molecule has 0 saturated heterocycles. The van der Waals surface area contributed by atoms with E-state index in [1.165, 1.54) is 20.2 Å². The van der Waals surface area contributed by atoms with Gasteiger partial charge in [-0.1, -0.05) is 6.07 Å². The van der Waals surface area contributed by atoms with Crippen molar-refractivity contribution in [1.82, 2.24) is 0 Å². The molecule has 0 aliphatic rings. The van der Waals surface area contributed by atoms with Crippen molar-refractivity contribution in [2.24, 2.45) is 7.05 Å². The SMILES string of the molecule is C[n+]1cccc(-c2ccc(-c3cccs3)s2)c1. The Bertz CT molecular complexity index is 623. The molecule has 0 aliphatic carbocycles. The average molecular weight is 258 g/mol. The Morgan fingerprint density at radius 3 is 2.59 bits per heavy atom. The van der Waals surface area contributed by atoms with Gasteiger partial charge >= 0.3 is 0 Å². The van der Waals surface area contributed by atoms with E-state index < -0.39 is 0 Å². The Balaban J connectivity index is 2.01. The molecule has 0 fully saturated rings. The Hall–Kier alpha value is -1.45. The molecule has 84 valence electrons. The minimum Gasteiger partial charge on any atom is -0.207 e. The summed E-state index contributed by atoms with van der Waals surface area (Å²) in [5.74, 6) is 0. The highest BCUT2D eigenvalue weighted by atomic mass is 32.1. The van der Waals surface area contributed by atoms with Crippen molar-refractivity contribution < 1.29 is 4.57 Å². The predicted molar refractivity (Wildman–Crippen MR) is 74.2 cm³/mol. The first-order valence-electron chi connectivity index (χ1n) is 5.42. The lowest BCUT2D eigenvalue weighted by atomic mass is 10.2. The van der Waals surface area contributed by atoms with Gasteiger partial charge in [0.2, 0.25) is 0 Å². The van der Waals surface area contributed by atoms with Gasteiger partial charge < -0.3 is 0 Å². The van der Waals surface area contributed by atoms with Crippen molar-refractivity contribution >= 4 is 22.7 Å². The molecular weight excluding hydrogens is 246 g/mol. The van der Waals surface area contributed by atoms with Gasteiger partial charge in [-0.15, -0.1) is 22.7 Å². The van der Waals surface area contributed by atoms with Crippen molar-refractivity contribution in [1.29, 1.82) is 0 Å². The number of aromatic nitrogens is 1. The molecule has 0 amide bonds. The number of thiophene rings is 2. The van der Waals surface area contributed by atoms with Gasteiger partial charge in [0.1, 0.15) is 7.05 Å². The first-order valence-corrected chi connectivity index (χ1v) is 7.12. The van der Waals surface area contributed by atoms with Crippen molar-refractivity contribution in [2.75, 3.05) is 0 Å². The molecule has 3 aromatic rings. The maximum absolute atomic E-state index is 2.21. The zero-order valence-corrected chi connectivity index (χ0v) is 11.1. The van der Waals surface area contributed by atoms with Gasteiger partial charge in [-0.25, -0.2) is 4.57 Å². The second-order valence-electron chi connectivity index (χ2n) is 3.90. The summed E-state index contributed by atoms with van der Waals surface area (Å²) in [6, 6.07) is 12.9. The van der Waals surface area contributed by atoms with E-state index in [2.05, 4.69) is 65.8 Å². The molecule has 0 aliphatic heterocycles. The monoisotopic (exact) mass is 258 g/mol. The first-order chi connectivity index (χ1) is 8.33. The largest absolute Gasteiger partial charge is 0.207 e. The van der Waals surface area contributed by atoms with Crippen LogP contribution in [0.25, 0.3) is 20.2 Å². The molecule has 0 radical (unpaired) electrons. The molecule has 0 atom stereocenters. The van der Waals surface area contributed by atoms with Crippen LogP contribution in [-0.2, 0) is 7.05 Å². The summed E-state index contributed by atoms with van der Waals surface area (Å²) in [6.45, 7) is 0. The van der Waals surface area contributed by atoms with Crippen LogP contribution in [0.3, 0.4) is 0 Å². The van der Waals surface area contributed by atoms with Gasteiger partial charge in [0, 0.05) is 20.7 Å². The number of rotatable bonds is 2. The van der Waals surface area contributed by atoms with Gasteiger partial charge in [0.15, 0.2) is 12.4 Å². The second kappa shape index (κ2) is 4.43. The lowest BCUT2D eigenvalue weighted by Gasteiger charge is -1.94. The minimum atomic E-state index is 1.28. The molecule has 0 spiro atoms. The van der Waals surface area contributed by atoms with Gasteiger partial charge in [0.25, 0.3) is 0 Å². The molecule has 17 heavy (non-hydrogen) atoms. The van der Waals surface area contributed by atoms with Crippen LogP contribution in [0.5, 0.6) is 0 Å². The fraction of sp³-hybridized carbons (Fsp3) is 0.0714. The quantitative estimate of drug-likeness (QED) is 0.612. The maximum Gasteiger partial charge on any atom is 0.177 e.